The van der Waals surface area contributed by atoms with Crippen LogP contribution < -0.4 is 5.32 Å². The molecular weight excluding hydrogens is 302 g/mol. The second-order valence-corrected chi connectivity index (χ2v) is 5.04. The zero-order chi connectivity index (χ0) is 15.9. The van der Waals surface area contributed by atoms with Crippen molar-refractivity contribution in [2.75, 3.05) is 0 Å². The lowest BCUT2D eigenvalue weighted by molar-refractivity contribution is -0.116. The van der Waals surface area contributed by atoms with E-state index in [9.17, 15) is 9.59 Å². The van der Waals surface area contributed by atoms with E-state index >= 15 is 0 Å². The van der Waals surface area contributed by atoms with Crippen LogP contribution in [0.4, 0.5) is 0 Å². The smallest absolute Gasteiger partial charge is 0.335 e. The normalized spacial score (nSPS) is 10.6. The Morgan fingerprint density at radius 2 is 1.68 bits per heavy atom. The Morgan fingerprint density at radius 3 is 2.27 bits per heavy atom. The molecule has 4 nitrogen and oxygen atoms in total. The van der Waals surface area contributed by atoms with Gasteiger partial charge in [0.25, 0.3) is 0 Å². The van der Waals surface area contributed by atoms with Crippen LogP contribution in [0.2, 0.25) is 5.02 Å². The van der Waals surface area contributed by atoms with Gasteiger partial charge < -0.3 is 10.4 Å². The lowest BCUT2D eigenvalue weighted by Gasteiger charge is -2.03. The number of hydrogen-bond acceptors (Lipinski definition) is 2. The lowest BCUT2D eigenvalue weighted by atomic mass is 10.1. The van der Waals surface area contributed by atoms with Gasteiger partial charge >= 0.3 is 5.97 Å². The summed E-state index contributed by atoms with van der Waals surface area (Å²) in [6.07, 6.45) is 3.13. The van der Waals surface area contributed by atoms with Crippen molar-refractivity contribution < 1.29 is 14.7 Å². The molecule has 2 rings (SSSR count). The fourth-order valence-corrected chi connectivity index (χ4v) is 1.89. The van der Waals surface area contributed by atoms with Gasteiger partial charge in [0.2, 0.25) is 5.91 Å². The summed E-state index contributed by atoms with van der Waals surface area (Å²) in [4.78, 5) is 22.4. The van der Waals surface area contributed by atoms with Gasteiger partial charge in [-0.05, 0) is 41.5 Å². The number of rotatable bonds is 5. The molecule has 0 bridgehead atoms. The molecule has 0 aromatic heterocycles. The number of hydrogen-bond donors (Lipinski definition) is 2. The van der Waals surface area contributed by atoms with E-state index in [0.717, 1.165) is 11.1 Å². The van der Waals surface area contributed by atoms with Crippen molar-refractivity contribution in [3.8, 4) is 0 Å². The molecule has 2 aromatic rings. The molecule has 0 saturated heterocycles. The Morgan fingerprint density at radius 1 is 1.05 bits per heavy atom. The van der Waals surface area contributed by atoms with E-state index in [1.807, 2.05) is 12.1 Å². The molecule has 0 aliphatic heterocycles. The Kier molecular flexibility index (Phi) is 5.33. The first kappa shape index (κ1) is 15.8. The highest BCUT2D eigenvalue weighted by atomic mass is 35.5. The van der Waals surface area contributed by atoms with Gasteiger partial charge in [-0.15, -0.1) is 0 Å². The molecule has 0 aliphatic carbocycles. The molecule has 22 heavy (non-hydrogen) atoms. The van der Waals surface area contributed by atoms with Crippen molar-refractivity contribution in [3.05, 3.63) is 76.3 Å². The molecule has 0 unspecified atom stereocenters. The van der Waals surface area contributed by atoms with Crippen LogP contribution in [0, 0.1) is 0 Å². The molecule has 2 N–H and O–H groups in total. The SMILES string of the molecule is O=C(/C=C/c1ccc(Cl)cc1)NCc1ccc(C(=O)O)cc1. The van der Waals surface area contributed by atoms with E-state index in [-0.39, 0.29) is 11.5 Å². The van der Waals surface area contributed by atoms with Gasteiger partial charge in [-0.1, -0.05) is 35.9 Å². The minimum atomic E-state index is -0.971. The van der Waals surface area contributed by atoms with Gasteiger partial charge in [-0.25, -0.2) is 4.79 Å². The Labute approximate surface area is 133 Å². The van der Waals surface area contributed by atoms with E-state index in [1.54, 1.807) is 30.3 Å². The van der Waals surface area contributed by atoms with Gasteiger partial charge in [-0.3, -0.25) is 4.79 Å². The predicted octanol–water partition coefficient (Wildman–Crippen LogP) is 3.37. The van der Waals surface area contributed by atoms with E-state index in [0.29, 0.717) is 11.6 Å². The van der Waals surface area contributed by atoms with Crippen LogP contribution >= 0.6 is 11.6 Å². The molecule has 0 aliphatic rings. The molecular formula is C17H14ClNO3. The predicted molar refractivity (Wildman–Crippen MR) is 85.7 cm³/mol. The molecule has 0 spiro atoms. The third kappa shape index (κ3) is 4.75. The van der Waals surface area contributed by atoms with Crippen LogP contribution in [0.15, 0.2) is 54.6 Å². The molecule has 0 atom stereocenters. The molecule has 5 heteroatoms. The average Bonchev–Trinajstić information content (AvgIpc) is 2.52. The second-order valence-electron chi connectivity index (χ2n) is 4.60. The number of carboxylic acids is 1. The minimum absolute atomic E-state index is 0.220. The zero-order valence-corrected chi connectivity index (χ0v) is 12.4. The first-order chi connectivity index (χ1) is 10.5. The first-order valence-electron chi connectivity index (χ1n) is 6.58. The van der Waals surface area contributed by atoms with Crippen LogP contribution in [0.5, 0.6) is 0 Å². The Hall–Kier alpha value is -2.59. The van der Waals surface area contributed by atoms with Gasteiger partial charge in [0, 0.05) is 17.6 Å². The number of carbonyl (C=O) groups excluding carboxylic acids is 1. The topological polar surface area (TPSA) is 66.4 Å². The van der Waals surface area contributed by atoms with Crippen LogP contribution in [-0.2, 0) is 11.3 Å². The van der Waals surface area contributed by atoms with Gasteiger partial charge in [0.05, 0.1) is 5.56 Å². The quantitative estimate of drug-likeness (QED) is 0.831. The average molecular weight is 316 g/mol. The molecule has 0 heterocycles. The van der Waals surface area contributed by atoms with Crippen molar-refractivity contribution in [3.63, 3.8) is 0 Å². The van der Waals surface area contributed by atoms with Crippen LogP contribution in [0.3, 0.4) is 0 Å². The summed E-state index contributed by atoms with van der Waals surface area (Å²) >= 11 is 5.78. The lowest BCUT2D eigenvalue weighted by Crippen LogP contribution is -2.20. The highest BCUT2D eigenvalue weighted by Crippen LogP contribution is 2.10. The Bertz CT molecular complexity index is 691. The number of benzene rings is 2. The van der Waals surface area contributed by atoms with Crippen LogP contribution in [0.25, 0.3) is 6.08 Å². The summed E-state index contributed by atoms with van der Waals surface area (Å²) in [5.41, 5.74) is 1.93. The van der Waals surface area contributed by atoms with Crippen molar-refractivity contribution in [1.29, 1.82) is 0 Å². The second kappa shape index (κ2) is 7.43. The molecule has 0 saturated carbocycles. The van der Waals surface area contributed by atoms with E-state index in [1.165, 1.54) is 18.2 Å². The third-order valence-corrected chi connectivity index (χ3v) is 3.22. The number of carbonyl (C=O) groups is 2. The first-order valence-corrected chi connectivity index (χ1v) is 6.96. The number of nitrogens with one attached hydrogen (secondary N) is 1. The van der Waals surface area contributed by atoms with E-state index in [4.69, 9.17) is 16.7 Å². The molecule has 0 fully saturated rings. The number of amides is 1. The van der Waals surface area contributed by atoms with Crippen LogP contribution in [-0.4, -0.2) is 17.0 Å². The zero-order valence-electron chi connectivity index (χ0n) is 11.6. The van der Waals surface area contributed by atoms with Gasteiger partial charge in [0.1, 0.15) is 0 Å². The minimum Gasteiger partial charge on any atom is -0.478 e. The highest BCUT2D eigenvalue weighted by molar-refractivity contribution is 6.30. The monoisotopic (exact) mass is 315 g/mol. The fourth-order valence-electron chi connectivity index (χ4n) is 1.76. The summed E-state index contributed by atoms with van der Waals surface area (Å²) in [5, 5.41) is 12.2. The van der Waals surface area contributed by atoms with E-state index in [2.05, 4.69) is 5.32 Å². The van der Waals surface area contributed by atoms with Crippen molar-refractivity contribution in [2.24, 2.45) is 0 Å². The summed E-state index contributed by atoms with van der Waals surface area (Å²) < 4.78 is 0. The van der Waals surface area contributed by atoms with Gasteiger partial charge in [-0.2, -0.15) is 0 Å². The maximum Gasteiger partial charge on any atom is 0.335 e. The summed E-state index contributed by atoms with van der Waals surface area (Å²) in [6, 6.07) is 13.5. The Balaban J connectivity index is 1.87. The highest BCUT2D eigenvalue weighted by Gasteiger charge is 2.02. The molecule has 2 aromatic carbocycles. The van der Waals surface area contributed by atoms with Gasteiger partial charge in [0.15, 0.2) is 0 Å². The largest absolute Gasteiger partial charge is 0.478 e. The number of halogens is 1. The van der Waals surface area contributed by atoms with Crippen molar-refractivity contribution in [1.82, 2.24) is 5.32 Å². The molecule has 1 amide bonds. The standard InChI is InChI=1S/C17H14ClNO3/c18-15-8-3-12(4-9-15)5-10-16(20)19-11-13-1-6-14(7-2-13)17(21)22/h1-10H,11H2,(H,19,20)(H,21,22)/b10-5+. The maximum atomic E-state index is 11.7. The van der Waals surface area contributed by atoms with Crippen LogP contribution in [0.1, 0.15) is 21.5 Å². The molecule has 112 valence electrons. The third-order valence-electron chi connectivity index (χ3n) is 2.96. The van der Waals surface area contributed by atoms with Crippen molar-refractivity contribution >= 4 is 29.6 Å². The molecule has 0 radical (unpaired) electrons. The van der Waals surface area contributed by atoms with E-state index < -0.39 is 5.97 Å². The maximum absolute atomic E-state index is 11.7. The van der Waals surface area contributed by atoms with Crippen molar-refractivity contribution in [2.45, 2.75) is 6.54 Å². The number of carboxylic acid groups (broad SMARTS) is 1. The summed E-state index contributed by atoms with van der Waals surface area (Å²) in [7, 11) is 0. The number of aromatic carboxylic acids is 1. The fraction of sp³-hybridized carbons (Fsp3) is 0.0588. The summed E-state index contributed by atoms with van der Waals surface area (Å²) in [5.74, 6) is -1.20. The summed E-state index contributed by atoms with van der Waals surface area (Å²) in [6.45, 7) is 0.337.